The van der Waals surface area contributed by atoms with E-state index >= 15 is 0 Å². The second-order valence-corrected chi connectivity index (χ2v) is 9.53. The molecule has 1 aliphatic rings. The minimum Gasteiger partial charge on any atom is -0.478 e. The molecule has 0 amide bonds. The number of aliphatic hydroxyl groups excluding tert-OH is 1. The minimum absolute atomic E-state index is 0.166. The molecule has 2 unspecified atom stereocenters. The van der Waals surface area contributed by atoms with Gasteiger partial charge in [-0.1, -0.05) is 42.1 Å². The largest absolute Gasteiger partial charge is 0.478 e. The molecule has 0 spiro atoms. The third-order valence-electron chi connectivity index (χ3n) is 5.36. The van der Waals surface area contributed by atoms with Gasteiger partial charge in [-0.25, -0.2) is 9.69 Å². The van der Waals surface area contributed by atoms with E-state index in [-0.39, 0.29) is 10.3 Å². The number of benzene rings is 2. The smallest absolute Gasteiger partial charge is 0.335 e. The van der Waals surface area contributed by atoms with E-state index in [0.717, 1.165) is 16.0 Å². The summed E-state index contributed by atoms with van der Waals surface area (Å²) in [5, 5.41) is 19.9. The lowest BCUT2D eigenvalue weighted by molar-refractivity contribution is 0.0513. The molecule has 0 bridgehead atoms. The van der Waals surface area contributed by atoms with Gasteiger partial charge in [0, 0.05) is 17.0 Å². The Kier molecular flexibility index (Phi) is 6.29. The highest BCUT2D eigenvalue weighted by molar-refractivity contribution is 8.13. The number of aromatic carboxylic acids is 1. The van der Waals surface area contributed by atoms with Crippen LogP contribution >= 0.6 is 24.4 Å². The van der Waals surface area contributed by atoms with Crippen LogP contribution in [0.15, 0.2) is 63.9 Å². The lowest BCUT2D eigenvalue weighted by atomic mass is 10.1. The number of rotatable bonds is 5. The van der Waals surface area contributed by atoms with Gasteiger partial charge in [-0.2, -0.15) is 0 Å². The molecule has 4 rings (SSSR count). The number of carboxylic acids is 1. The summed E-state index contributed by atoms with van der Waals surface area (Å²) in [4.78, 5) is 13.7. The van der Waals surface area contributed by atoms with Crippen molar-refractivity contribution in [3.63, 3.8) is 0 Å². The normalized spacial score (nSPS) is 20.5. The maximum absolute atomic E-state index is 11.0. The number of carbonyl (C=O) groups is 1. The summed E-state index contributed by atoms with van der Waals surface area (Å²) in [7, 11) is 0. The van der Waals surface area contributed by atoms with Gasteiger partial charge in [0.05, 0.1) is 5.56 Å². The third-order valence-corrected chi connectivity index (χ3v) is 7.05. The molecule has 0 aliphatic carbocycles. The molecule has 2 atom stereocenters. The van der Waals surface area contributed by atoms with Crippen molar-refractivity contribution in [1.82, 2.24) is 4.90 Å². The van der Waals surface area contributed by atoms with Crippen molar-refractivity contribution in [3.8, 4) is 11.3 Å². The number of hydrogen-bond acceptors (Lipinski definition) is 6. The van der Waals surface area contributed by atoms with E-state index in [2.05, 4.69) is 44.7 Å². The SMILES string of the molecule is Cc1ccc(CN2C(S)S/C(=C\c3ccc(-c4ccc(C(=O)O)cc4)o3)C2O)cc1C. The lowest BCUT2D eigenvalue weighted by Gasteiger charge is -2.23. The zero-order chi connectivity index (χ0) is 22.1. The van der Waals surface area contributed by atoms with E-state index in [4.69, 9.17) is 9.52 Å². The fourth-order valence-corrected chi connectivity index (χ4v) is 5.01. The predicted molar refractivity (Wildman–Crippen MR) is 127 cm³/mol. The standard InChI is InChI=1S/C24H23NO4S2/c1-14-3-4-16(11-15(14)2)13-25-22(26)21(31-24(25)30)12-19-9-10-20(29-19)17-5-7-18(8-6-17)23(27)28/h3-12,22,24,26,30H,13H2,1-2H3,(H,27,28)/b21-12-. The quantitative estimate of drug-likeness (QED) is 0.450. The molecule has 2 heterocycles. The van der Waals surface area contributed by atoms with Crippen LogP contribution in [0.4, 0.5) is 0 Å². The number of thiol groups is 1. The van der Waals surface area contributed by atoms with Crippen LogP contribution in [0.3, 0.4) is 0 Å². The molecular formula is C24H23NO4S2. The van der Waals surface area contributed by atoms with Gasteiger partial charge >= 0.3 is 5.97 Å². The van der Waals surface area contributed by atoms with Gasteiger partial charge in [0.2, 0.25) is 0 Å². The average molecular weight is 454 g/mol. The average Bonchev–Trinajstić information content (AvgIpc) is 3.31. The molecule has 160 valence electrons. The maximum atomic E-state index is 11.0. The summed E-state index contributed by atoms with van der Waals surface area (Å²) in [5.41, 5.74) is 4.62. The fraction of sp³-hybridized carbons (Fsp3) is 0.208. The Balaban J connectivity index is 1.50. The van der Waals surface area contributed by atoms with E-state index in [1.54, 1.807) is 24.3 Å². The van der Waals surface area contributed by atoms with Crippen LogP contribution in [-0.2, 0) is 6.54 Å². The molecule has 1 aromatic heterocycles. The van der Waals surface area contributed by atoms with E-state index in [1.165, 1.54) is 22.9 Å². The number of thioether (sulfide) groups is 1. The number of furan rings is 1. The Morgan fingerprint density at radius 1 is 1.13 bits per heavy atom. The van der Waals surface area contributed by atoms with Crippen LogP contribution in [0.25, 0.3) is 17.4 Å². The Bertz CT molecular complexity index is 1140. The number of aryl methyl sites for hydroxylation is 2. The first-order valence-electron chi connectivity index (χ1n) is 9.81. The Morgan fingerprint density at radius 3 is 2.55 bits per heavy atom. The van der Waals surface area contributed by atoms with Crippen molar-refractivity contribution in [2.24, 2.45) is 0 Å². The molecule has 2 aromatic carbocycles. The van der Waals surface area contributed by atoms with Crippen molar-refractivity contribution in [2.75, 3.05) is 0 Å². The first-order valence-corrected chi connectivity index (χ1v) is 11.2. The molecule has 1 fully saturated rings. The van der Waals surface area contributed by atoms with Crippen LogP contribution in [0.1, 0.15) is 32.8 Å². The second kappa shape index (κ2) is 8.96. The summed E-state index contributed by atoms with van der Waals surface area (Å²) in [5.74, 6) is 0.290. The van der Waals surface area contributed by atoms with Gasteiger partial charge in [0.15, 0.2) is 0 Å². The Hall–Kier alpha value is -2.45. The van der Waals surface area contributed by atoms with Gasteiger partial charge in [0.25, 0.3) is 0 Å². The van der Waals surface area contributed by atoms with E-state index < -0.39 is 12.2 Å². The van der Waals surface area contributed by atoms with Crippen molar-refractivity contribution in [1.29, 1.82) is 0 Å². The molecular weight excluding hydrogens is 430 g/mol. The van der Waals surface area contributed by atoms with E-state index in [9.17, 15) is 9.90 Å². The predicted octanol–water partition coefficient (Wildman–Crippen LogP) is 5.38. The number of carboxylic acid groups (broad SMARTS) is 1. The highest BCUT2D eigenvalue weighted by Gasteiger charge is 2.35. The second-order valence-electron chi connectivity index (χ2n) is 7.54. The monoisotopic (exact) mass is 453 g/mol. The number of aliphatic hydroxyl groups is 1. The highest BCUT2D eigenvalue weighted by Crippen LogP contribution is 2.42. The molecule has 1 saturated heterocycles. The molecule has 0 saturated carbocycles. The summed E-state index contributed by atoms with van der Waals surface area (Å²) in [6.07, 6.45) is 1.06. The number of nitrogens with zero attached hydrogens (tertiary/aromatic N) is 1. The van der Waals surface area contributed by atoms with Gasteiger partial charge in [-0.15, -0.1) is 12.6 Å². The molecule has 3 aromatic rings. The first-order chi connectivity index (χ1) is 14.8. The third kappa shape index (κ3) is 4.75. The summed E-state index contributed by atoms with van der Waals surface area (Å²) in [6, 6.07) is 16.5. The summed E-state index contributed by atoms with van der Waals surface area (Å²) < 4.78 is 5.74. The Morgan fingerprint density at radius 2 is 1.87 bits per heavy atom. The van der Waals surface area contributed by atoms with Crippen molar-refractivity contribution in [3.05, 3.63) is 87.5 Å². The van der Waals surface area contributed by atoms with E-state index in [0.29, 0.717) is 18.1 Å². The minimum atomic E-state index is -0.963. The van der Waals surface area contributed by atoms with Crippen molar-refractivity contribution >= 4 is 36.4 Å². The summed E-state index contributed by atoms with van der Waals surface area (Å²) >= 11 is 6.14. The van der Waals surface area contributed by atoms with Crippen LogP contribution < -0.4 is 0 Å². The number of hydrogen-bond donors (Lipinski definition) is 3. The maximum Gasteiger partial charge on any atom is 0.335 e. The zero-order valence-corrected chi connectivity index (χ0v) is 18.9. The van der Waals surface area contributed by atoms with Gasteiger partial charge in [0.1, 0.15) is 22.5 Å². The van der Waals surface area contributed by atoms with E-state index in [1.807, 2.05) is 23.1 Å². The first kappa shape index (κ1) is 21.8. The molecule has 0 radical (unpaired) electrons. The topological polar surface area (TPSA) is 73.9 Å². The fourth-order valence-electron chi connectivity index (χ4n) is 3.42. The Labute approximate surface area is 190 Å². The van der Waals surface area contributed by atoms with Crippen LogP contribution in [0, 0.1) is 13.8 Å². The van der Waals surface area contributed by atoms with Crippen molar-refractivity contribution < 1.29 is 19.4 Å². The van der Waals surface area contributed by atoms with Crippen LogP contribution in [-0.4, -0.2) is 32.0 Å². The highest BCUT2D eigenvalue weighted by atomic mass is 32.2. The molecule has 31 heavy (non-hydrogen) atoms. The van der Waals surface area contributed by atoms with Crippen molar-refractivity contribution in [2.45, 2.75) is 31.3 Å². The van der Waals surface area contributed by atoms with Gasteiger partial charge in [-0.05, 0) is 60.9 Å². The summed E-state index contributed by atoms with van der Waals surface area (Å²) in [6.45, 7) is 4.77. The molecule has 2 N–H and O–H groups in total. The van der Waals surface area contributed by atoms with Crippen LogP contribution in [0.5, 0.6) is 0 Å². The lowest BCUT2D eigenvalue weighted by Crippen LogP contribution is -2.32. The molecule has 7 heteroatoms. The molecule has 5 nitrogen and oxygen atoms in total. The zero-order valence-electron chi connectivity index (χ0n) is 17.1. The van der Waals surface area contributed by atoms with Gasteiger partial charge in [-0.3, -0.25) is 0 Å². The van der Waals surface area contributed by atoms with Gasteiger partial charge < -0.3 is 14.6 Å². The van der Waals surface area contributed by atoms with Crippen LogP contribution in [0.2, 0.25) is 0 Å². The molecule has 1 aliphatic heterocycles.